The van der Waals surface area contributed by atoms with Gasteiger partial charge in [-0.05, 0) is 18.1 Å². The van der Waals surface area contributed by atoms with Gasteiger partial charge in [-0.1, -0.05) is 25.1 Å². The van der Waals surface area contributed by atoms with Gasteiger partial charge in [0.1, 0.15) is 11.6 Å². The van der Waals surface area contributed by atoms with Crippen LogP contribution in [0.5, 0.6) is 0 Å². The molecule has 0 unspecified atom stereocenters. The van der Waals surface area contributed by atoms with Crippen LogP contribution in [-0.2, 0) is 11.2 Å². The number of carbonyl (C=O) groups excluding carboxylic acids is 1. The van der Waals surface area contributed by atoms with E-state index >= 15 is 0 Å². The van der Waals surface area contributed by atoms with Crippen LogP contribution in [0.15, 0.2) is 30.0 Å². The van der Waals surface area contributed by atoms with Crippen molar-refractivity contribution in [1.82, 2.24) is 4.98 Å². The number of amides is 1. The van der Waals surface area contributed by atoms with E-state index in [1.54, 1.807) is 12.3 Å². The van der Waals surface area contributed by atoms with E-state index in [0.29, 0.717) is 0 Å². The molecule has 0 saturated heterocycles. The molecule has 0 fully saturated rings. The van der Waals surface area contributed by atoms with E-state index in [0.717, 1.165) is 22.9 Å². The van der Waals surface area contributed by atoms with Crippen LogP contribution in [0.3, 0.4) is 0 Å². The van der Waals surface area contributed by atoms with Crippen molar-refractivity contribution in [3.63, 3.8) is 0 Å². The zero-order valence-electron chi connectivity index (χ0n) is 10.0. The van der Waals surface area contributed by atoms with Crippen LogP contribution in [0.1, 0.15) is 18.1 Å². The van der Waals surface area contributed by atoms with Gasteiger partial charge in [0.15, 0.2) is 0 Å². The smallest absolute Gasteiger partial charge is 0.259 e. The molecule has 0 bridgehead atoms. The van der Waals surface area contributed by atoms with E-state index in [9.17, 15) is 4.79 Å². The number of H-pyrrole nitrogens is 1. The van der Waals surface area contributed by atoms with Crippen LogP contribution in [0.2, 0.25) is 0 Å². The van der Waals surface area contributed by atoms with Crippen LogP contribution in [0.4, 0.5) is 0 Å². The Hall–Kier alpha value is -2.54. The van der Waals surface area contributed by atoms with Crippen molar-refractivity contribution in [2.45, 2.75) is 13.3 Å². The monoisotopic (exact) mass is 239 g/mol. The van der Waals surface area contributed by atoms with Gasteiger partial charge in [-0.3, -0.25) is 4.79 Å². The molecule has 3 N–H and O–H groups in total. The summed E-state index contributed by atoms with van der Waals surface area (Å²) in [7, 11) is 0. The lowest BCUT2D eigenvalue weighted by Gasteiger charge is -1.99. The minimum absolute atomic E-state index is 0.0437. The van der Waals surface area contributed by atoms with Crippen LogP contribution in [0.25, 0.3) is 17.0 Å². The highest BCUT2D eigenvalue weighted by Gasteiger charge is 2.08. The van der Waals surface area contributed by atoms with Gasteiger partial charge >= 0.3 is 0 Å². The predicted molar refractivity (Wildman–Crippen MR) is 70.5 cm³/mol. The molecule has 1 amide bonds. The second-order valence-corrected chi connectivity index (χ2v) is 3.97. The molecule has 90 valence electrons. The molecule has 18 heavy (non-hydrogen) atoms. The first-order valence-corrected chi connectivity index (χ1v) is 5.68. The van der Waals surface area contributed by atoms with Crippen molar-refractivity contribution in [2.75, 3.05) is 0 Å². The van der Waals surface area contributed by atoms with Gasteiger partial charge in [-0.25, -0.2) is 0 Å². The maximum atomic E-state index is 11.0. The largest absolute Gasteiger partial charge is 0.365 e. The zero-order valence-corrected chi connectivity index (χ0v) is 10.0. The molecule has 0 saturated carbocycles. The van der Waals surface area contributed by atoms with Gasteiger partial charge in [-0.15, -0.1) is 0 Å². The highest BCUT2D eigenvalue weighted by Crippen LogP contribution is 2.23. The highest BCUT2D eigenvalue weighted by molar-refractivity contribution is 6.03. The fourth-order valence-electron chi connectivity index (χ4n) is 1.97. The van der Waals surface area contributed by atoms with Crippen LogP contribution in [0, 0.1) is 11.3 Å². The maximum Gasteiger partial charge on any atom is 0.259 e. The Morgan fingerprint density at radius 3 is 2.94 bits per heavy atom. The standard InChI is InChI=1S/C14H13N3O/c1-2-9-4-3-5-12-11(8-17-13(9)12)6-10(7-15)14(16)18/h3-6,8,17H,2H2,1H3,(H2,16,18)/b10-6+. The van der Waals surface area contributed by atoms with E-state index in [-0.39, 0.29) is 5.57 Å². The van der Waals surface area contributed by atoms with Gasteiger partial charge < -0.3 is 10.7 Å². The molecule has 1 heterocycles. The number of nitrogens with one attached hydrogen (secondary N) is 1. The lowest BCUT2D eigenvalue weighted by atomic mass is 10.1. The second kappa shape index (κ2) is 4.76. The molecule has 0 aliphatic rings. The summed E-state index contributed by atoms with van der Waals surface area (Å²) < 4.78 is 0. The van der Waals surface area contributed by atoms with Crippen LogP contribution < -0.4 is 5.73 Å². The molecule has 0 spiro atoms. The fourth-order valence-corrected chi connectivity index (χ4v) is 1.97. The molecule has 2 rings (SSSR count). The predicted octanol–water partition coefficient (Wildman–Crippen LogP) is 2.12. The SMILES string of the molecule is CCc1cccc2c(/C=C(\C#N)C(N)=O)c[nH]c12. The first-order chi connectivity index (χ1) is 8.67. The number of carbonyl (C=O) groups is 1. The Morgan fingerprint density at radius 2 is 2.33 bits per heavy atom. The summed E-state index contributed by atoms with van der Waals surface area (Å²) in [4.78, 5) is 14.2. The van der Waals surface area contributed by atoms with Crippen LogP contribution in [-0.4, -0.2) is 10.9 Å². The van der Waals surface area contributed by atoms with Crippen molar-refractivity contribution in [1.29, 1.82) is 5.26 Å². The number of rotatable bonds is 3. The molecule has 0 atom stereocenters. The Balaban J connectivity index is 2.61. The topological polar surface area (TPSA) is 82.7 Å². The van der Waals surface area contributed by atoms with E-state index in [1.165, 1.54) is 11.6 Å². The number of hydrogen-bond donors (Lipinski definition) is 2. The van der Waals surface area contributed by atoms with Gasteiger partial charge in [-0.2, -0.15) is 5.26 Å². The number of aromatic amines is 1. The summed E-state index contributed by atoms with van der Waals surface area (Å²) in [6.07, 6.45) is 4.21. The van der Waals surface area contributed by atoms with Gasteiger partial charge in [0.2, 0.25) is 0 Å². The highest BCUT2D eigenvalue weighted by atomic mass is 16.1. The average molecular weight is 239 g/mol. The Morgan fingerprint density at radius 1 is 1.56 bits per heavy atom. The average Bonchev–Trinajstić information content (AvgIpc) is 2.78. The molecule has 1 aromatic heterocycles. The minimum atomic E-state index is -0.710. The Bertz CT molecular complexity index is 674. The minimum Gasteiger partial charge on any atom is -0.365 e. The first-order valence-electron chi connectivity index (χ1n) is 5.68. The number of fused-ring (bicyclic) bond motifs is 1. The van der Waals surface area contributed by atoms with Crippen molar-refractivity contribution in [2.24, 2.45) is 5.73 Å². The summed E-state index contributed by atoms with van der Waals surface area (Å²) in [6.45, 7) is 2.08. The summed E-state index contributed by atoms with van der Waals surface area (Å²) in [6, 6.07) is 7.77. The van der Waals surface area contributed by atoms with Gasteiger partial charge in [0.25, 0.3) is 5.91 Å². The molecule has 4 heteroatoms. The van der Waals surface area contributed by atoms with E-state index < -0.39 is 5.91 Å². The number of primary amides is 1. The number of para-hydroxylation sites is 1. The molecule has 0 aliphatic heterocycles. The number of nitriles is 1. The third-order valence-corrected chi connectivity index (χ3v) is 2.90. The summed E-state index contributed by atoms with van der Waals surface area (Å²) in [5.41, 5.74) is 8.12. The van der Waals surface area contributed by atoms with Crippen molar-refractivity contribution < 1.29 is 4.79 Å². The lowest BCUT2D eigenvalue weighted by molar-refractivity contribution is -0.114. The Kier molecular flexibility index (Phi) is 3.16. The van der Waals surface area contributed by atoms with E-state index in [1.807, 2.05) is 18.2 Å². The lowest BCUT2D eigenvalue weighted by Crippen LogP contribution is -2.12. The molecule has 4 nitrogen and oxygen atoms in total. The molecule has 0 radical (unpaired) electrons. The molecular weight excluding hydrogens is 226 g/mol. The maximum absolute atomic E-state index is 11.0. The summed E-state index contributed by atoms with van der Waals surface area (Å²) >= 11 is 0. The molecule has 2 aromatic rings. The second-order valence-electron chi connectivity index (χ2n) is 3.97. The third kappa shape index (κ3) is 1.98. The van der Waals surface area contributed by atoms with Gasteiger partial charge in [0.05, 0.1) is 0 Å². The normalized spacial score (nSPS) is 11.4. The molecule has 0 aliphatic carbocycles. The van der Waals surface area contributed by atoms with E-state index in [4.69, 9.17) is 11.0 Å². The molecule has 1 aromatic carbocycles. The van der Waals surface area contributed by atoms with Crippen LogP contribution >= 0.6 is 0 Å². The number of benzene rings is 1. The number of aryl methyl sites for hydroxylation is 1. The number of hydrogen-bond acceptors (Lipinski definition) is 2. The number of nitrogens with zero attached hydrogens (tertiary/aromatic N) is 1. The Labute approximate surface area is 105 Å². The first kappa shape index (κ1) is 11.9. The fraction of sp³-hybridized carbons (Fsp3) is 0.143. The summed E-state index contributed by atoms with van der Waals surface area (Å²) in [5.74, 6) is -0.710. The molecular formula is C14H13N3O. The van der Waals surface area contributed by atoms with Crippen molar-refractivity contribution in [3.8, 4) is 6.07 Å². The number of aromatic nitrogens is 1. The van der Waals surface area contributed by atoms with E-state index in [2.05, 4.69) is 11.9 Å². The van der Waals surface area contributed by atoms with Crippen molar-refractivity contribution >= 4 is 22.9 Å². The zero-order chi connectivity index (χ0) is 13.1. The summed E-state index contributed by atoms with van der Waals surface area (Å²) in [5, 5.41) is 9.83. The van der Waals surface area contributed by atoms with Crippen molar-refractivity contribution in [3.05, 3.63) is 41.1 Å². The third-order valence-electron chi connectivity index (χ3n) is 2.90. The number of nitrogens with two attached hydrogens (primary N) is 1. The van der Waals surface area contributed by atoms with Gasteiger partial charge in [0, 0.05) is 22.7 Å². The quantitative estimate of drug-likeness (QED) is 0.635.